The van der Waals surface area contributed by atoms with Gasteiger partial charge in [-0.25, -0.2) is 0 Å². The zero-order chi connectivity index (χ0) is 18.4. The molecule has 1 aliphatic rings. The van der Waals surface area contributed by atoms with Gasteiger partial charge in [-0.1, -0.05) is 0 Å². The van der Waals surface area contributed by atoms with E-state index in [1.165, 1.54) is 0 Å². The standard InChI is InChI=1S/C19H18BrN3O3/c1-9-15(17(24)12-6-7-14(25-3)13(20)8-12)10(2)21-16(9)19-23-22-18(26-19)11-4-5-11/h6-8,11,21H,4-5H2,1-3H3. The van der Waals surface area contributed by atoms with Gasteiger partial charge in [0.25, 0.3) is 5.89 Å². The maximum Gasteiger partial charge on any atom is 0.264 e. The highest BCUT2D eigenvalue weighted by Crippen LogP contribution is 2.40. The number of rotatable bonds is 5. The molecular formula is C19H18BrN3O3. The molecule has 0 unspecified atom stereocenters. The zero-order valence-electron chi connectivity index (χ0n) is 14.7. The number of benzene rings is 1. The summed E-state index contributed by atoms with van der Waals surface area (Å²) in [6, 6.07) is 5.30. The predicted octanol–water partition coefficient (Wildman–Crippen LogP) is 4.56. The van der Waals surface area contributed by atoms with Crippen molar-refractivity contribution < 1.29 is 13.9 Å². The lowest BCUT2D eigenvalue weighted by Gasteiger charge is -2.06. The van der Waals surface area contributed by atoms with Crippen molar-refractivity contribution in [2.45, 2.75) is 32.6 Å². The highest BCUT2D eigenvalue weighted by atomic mass is 79.9. The van der Waals surface area contributed by atoms with E-state index in [9.17, 15) is 4.79 Å². The number of halogens is 1. The fraction of sp³-hybridized carbons (Fsp3) is 0.316. The molecule has 1 N–H and O–H groups in total. The second-order valence-electron chi connectivity index (χ2n) is 6.52. The lowest BCUT2D eigenvalue weighted by molar-refractivity contribution is 0.103. The lowest BCUT2D eigenvalue weighted by Crippen LogP contribution is -2.04. The Morgan fingerprint density at radius 1 is 1.31 bits per heavy atom. The molecule has 3 aromatic rings. The van der Waals surface area contributed by atoms with Gasteiger partial charge in [-0.15, -0.1) is 10.2 Å². The summed E-state index contributed by atoms with van der Waals surface area (Å²) in [5.41, 5.74) is 3.51. The first-order valence-corrected chi connectivity index (χ1v) is 9.20. The minimum absolute atomic E-state index is 0.0622. The molecule has 0 radical (unpaired) electrons. The molecule has 2 heterocycles. The van der Waals surface area contributed by atoms with Gasteiger partial charge in [0.2, 0.25) is 5.89 Å². The number of aromatic amines is 1. The third-order valence-electron chi connectivity index (χ3n) is 4.66. The number of hydrogen-bond acceptors (Lipinski definition) is 5. The van der Waals surface area contributed by atoms with Crippen molar-refractivity contribution in [3.05, 3.63) is 50.9 Å². The summed E-state index contributed by atoms with van der Waals surface area (Å²) in [7, 11) is 1.59. The van der Waals surface area contributed by atoms with Crippen LogP contribution < -0.4 is 4.74 Å². The van der Waals surface area contributed by atoms with Gasteiger partial charge in [0.1, 0.15) is 11.4 Å². The van der Waals surface area contributed by atoms with Crippen molar-refractivity contribution in [3.8, 4) is 17.3 Å². The monoisotopic (exact) mass is 415 g/mol. The summed E-state index contributed by atoms with van der Waals surface area (Å²) < 4.78 is 11.8. The number of methoxy groups -OCH3 is 1. The molecule has 0 spiro atoms. The van der Waals surface area contributed by atoms with Gasteiger partial charge < -0.3 is 14.1 Å². The maximum absolute atomic E-state index is 13.1. The summed E-state index contributed by atoms with van der Waals surface area (Å²) in [5.74, 6) is 2.13. The molecule has 1 saturated carbocycles. The van der Waals surface area contributed by atoms with Crippen molar-refractivity contribution in [2.24, 2.45) is 0 Å². The predicted molar refractivity (Wildman–Crippen MR) is 99.7 cm³/mol. The highest BCUT2D eigenvalue weighted by Gasteiger charge is 2.30. The molecule has 0 aliphatic heterocycles. The van der Waals surface area contributed by atoms with Crippen LogP contribution >= 0.6 is 15.9 Å². The van der Waals surface area contributed by atoms with Crippen LogP contribution in [0.5, 0.6) is 5.75 Å². The van der Waals surface area contributed by atoms with Crippen LogP contribution in [0.1, 0.15) is 51.8 Å². The van der Waals surface area contributed by atoms with Gasteiger partial charge in [-0.05, 0) is 66.4 Å². The number of ketones is 1. The molecule has 0 bridgehead atoms. The van der Waals surface area contributed by atoms with Crippen LogP contribution in [0.2, 0.25) is 0 Å². The first-order chi connectivity index (χ1) is 12.5. The van der Waals surface area contributed by atoms with Crippen LogP contribution in [0, 0.1) is 13.8 Å². The Kier molecular flexibility index (Phi) is 4.19. The van der Waals surface area contributed by atoms with Crippen LogP contribution in [0.3, 0.4) is 0 Å². The van der Waals surface area contributed by atoms with E-state index in [-0.39, 0.29) is 5.78 Å². The van der Waals surface area contributed by atoms with Crippen LogP contribution in [-0.2, 0) is 0 Å². The number of hydrogen-bond donors (Lipinski definition) is 1. The van der Waals surface area contributed by atoms with E-state index in [2.05, 4.69) is 31.1 Å². The minimum atomic E-state index is -0.0622. The van der Waals surface area contributed by atoms with E-state index < -0.39 is 0 Å². The number of aromatic nitrogens is 3. The normalized spacial score (nSPS) is 13.8. The molecule has 134 valence electrons. The topological polar surface area (TPSA) is 81.0 Å². The van der Waals surface area contributed by atoms with E-state index >= 15 is 0 Å². The number of aryl methyl sites for hydroxylation is 1. The Balaban J connectivity index is 1.71. The average Bonchev–Trinajstić information content (AvgIpc) is 3.28. The molecule has 6 nitrogen and oxygen atoms in total. The zero-order valence-corrected chi connectivity index (χ0v) is 16.3. The molecular weight excluding hydrogens is 398 g/mol. The quantitative estimate of drug-likeness (QED) is 0.617. The summed E-state index contributed by atoms with van der Waals surface area (Å²) in [6.45, 7) is 3.77. The van der Waals surface area contributed by atoms with Crippen molar-refractivity contribution in [3.63, 3.8) is 0 Å². The molecule has 7 heteroatoms. The van der Waals surface area contributed by atoms with Crippen molar-refractivity contribution in [1.82, 2.24) is 15.2 Å². The summed E-state index contributed by atoms with van der Waals surface area (Å²) in [5, 5.41) is 8.28. The van der Waals surface area contributed by atoms with Crippen LogP contribution in [-0.4, -0.2) is 28.1 Å². The molecule has 1 aliphatic carbocycles. The second-order valence-corrected chi connectivity index (χ2v) is 7.38. The van der Waals surface area contributed by atoms with E-state index in [1.807, 2.05) is 13.8 Å². The Morgan fingerprint density at radius 2 is 2.08 bits per heavy atom. The highest BCUT2D eigenvalue weighted by molar-refractivity contribution is 9.10. The van der Waals surface area contributed by atoms with Gasteiger partial charge in [0, 0.05) is 22.7 Å². The van der Waals surface area contributed by atoms with Crippen molar-refractivity contribution in [2.75, 3.05) is 7.11 Å². The average molecular weight is 416 g/mol. The summed E-state index contributed by atoms with van der Waals surface area (Å²) >= 11 is 3.43. The first kappa shape index (κ1) is 17.0. The SMILES string of the molecule is COc1ccc(C(=O)c2c(C)[nH]c(-c3nnc(C4CC4)o3)c2C)cc1Br. The van der Waals surface area contributed by atoms with Crippen LogP contribution in [0.25, 0.3) is 11.6 Å². The Bertz CT molecular complexity index is 1000. The molecule has 2 aromatic heterocycles. The van der Waals surface area contributed by atoms with Gasteiger partial charge in [0.05, 0.1) is 11.6 Å². The number of carbonyl (C=O) groups excluding carboxylic acids is 1. The summed E-state index contributed by atoms with van der Waals surface area (Å²) in [4.78, 5) is 16.3. The molecule has 4 rings (SSSR count). The number of nitrogens with zero attached hydrogens (tertiary/aromatic N) is 2. The van der Waals surface area contributed by atoms with Crippen LogP contribution in [0.4, 0.5) is 0 Å². The van der Waals surface area contributed by atoms with Gasteiger partial charge in [-0.2, -0.15) is 0 Å². The van der Waals surface area contributed by atoms with E-state index in [0.29, 0.717) is 40.3 Å². The fourth-order valence-corrected chi connectivity index (χ4v) is 3.63. The third kappa shape index (κ3) is 2.86. The number of nitrogens with one attached hydrogen (secondary N) is 1. The second kappa shape index (κ2) is 6.39. The fourth-order valence-electron chi connectivity index (χ4n) is 3.09. The Morgan fingerprint density at radius 3 is 2.73 bits per heavy atom. The van der Waals surface area contributed by atoms with E-state index in [4.69, 9.17) is 9.15 Å². The largest absolute Gasteiger partial charge is 0.496 e. The number of ether oxygens (including phenoxy) is 1. The van der Waals surface area contributed by atoms with Crippen LogP contribution in [0.15, 0.2) is 27.1 Å². The van der Waals surface area contributed by atoms with Crippen molar-refractivity contribution in [1.29, 1.82) is 0 Å². The number of H-pyrrole nitrogens is 1. The molecule has 1 fully saturated rings. The molecule has 0 amide bonds. The smallest absolute Gasteiger partial charge is 0.264 e. The first-order valence-electron chi connectivity index (χ1n) is 8.40. The lowest BCUT2D eigenvalue weighted by atomic mass is 9.99. The van der Waals surface area contributed by atoms with Crippen molar-refractivity contribution >= 4 is 21.7 Å². The third-order valence-corrected chi connectivity index (χ3v) is 5.28. The molecule has 26 heavy (non-hydrogen) atoms. The molecule has 0 atom stereocenters. The minimum Gasteiger partial charge on any atom is -0.496 e. The Hall–Kier alpha value is -2.41. The molecule has 1 aromatic carbocycles. The van der Waals surface area contributed by atoms with Gasteiger partial charge >= 0.3 is 0 Å². The molecule has 0 saturated heterocycles. The van der Waals surface area contributed by atoms with Gasteiger partial charge in [-0.3, -0.25) is 4.79 Å². The Labute approximate surface area is 159 Å². The van der Waals surface area contributed by atoms with E-state index in [0.717, 1.165) is 28.6 Å². The summed E-state index contributed by atoms with van der Waals surface area (Å²) in [6.07, 6.45) is 2.20. The maximum atomic E-state index is 13.1. The number of carbonyl (C=O) groups is 1. The van der Waals surface area contributed by atoms with Gasteiger partial charge in [0.15, 0.2) is 5.78 Å². The van der Waals surface area contributed by atoms with E-state index in [1.54, 1.807) is 25.3 Å².